The zero-order valence-corrected chi connectivity index (χ0v) is 16.2. The Kier molecular flexibility index (Phi) is 3.47. The highest BCUT2D eigenvalue weighted by atomic mass is 16.5. The number of anilines is 2. The van der Waals surface area contributed by atoms with E-state index in [0.717, 1.165) is 6.42 Å². The first kappa shape index (κ1) is 15.1. The van der Waals surface area contributed by atoms with Crippen LogP contribution in [0.4, 0.5) is 11.6 Å². The fourth-order valence-electron chi connectivity index (χ4n) is 3.37. The monoisotopic (exact) mass is 407 g/mol. The van der Waals surface area contributed by atoms with Crippen molar-refractivity contribution in [1.29, 1.82) is 0 Å². The molecule has 4 heterocycles. The average molecular weight is 407 g/mol. The molecule has 2 N–H and O–H groups in total. The van der Waals surface area contributed by atoms with Gasteiger partial charge >= 0.3 is 0 Å². The largest absolute Gasteiger partial charge is 0.495 e. The minimum Gasteiger partial charge on any atom is -0.495 e. The van der Waals surface area contributed by atoms with Gasteiger partial charge in [0.15, 0.2) is 23.1 Å². The number of nitrogens with one attached hydrogen (secondary N) is 2. The Morgan fingerprint density at radius 3 is 3.00 bits per heavy atom. The maximum absolute atomic E-state index is 12.4. The summed E-state index contributed by atoms with van der Waals surface area (Å²) >= 11 is 0. The molecule has 0 aliphatic heterocycles. The van der Waals surface area contributed by atoms with Crippen LogP contribution in [0.1, 0.15) is 17.5 Å². The van der Waals surface area contributed by atoms with E-state index in [4.69, 9.17) is 8.85 Å². The number of amides is 1. The summed E-state index contributed by atoms with van der Waals surface area (Å²) in [5.41, 5.74) is 1.31. The van der Waals surface area contributed by atoms with Gasteiger partial charge in [0, 0.05) is 34.2 Å². The summed E-state index contributed by atoms with van der Waals surface area (Å²) < 4.78 is 29.4. The maximum atomic E-state index is 12.4. The standard InChI is InChI=1S/C20H20N8O2/c1-10-6-12(10)20(29)23-15-7-13-14(8-22-19(21-2)17(13)26-25-15)18-24-16-5-4-11(30-3)9-28(16)27-18/h4-5,7-10,12H,6H2,1-3H3,(H,21,22)(H,23,25,29)/t10-,12+/m1/s1/i2D3. The number of fused-ring (bicyclic) bond motifs is 2. The summed E-state index contributed by atoms with van der Waals surface area (Å²) in [5, 5.41) is 18.4. The molecule has 0 unspecified atom stereocenters. The first-order valence-electron chi connectivity index (χ1n) is 10.9. The first-order chi connectivity index (χ1) is 15.7. The Bertz CT molecular complexity index is 1390. The lowest BCUT2D eigenvalue weighted by Gasteiger charge is -2.09. The SMILES string of the molecule is [2H]C([2H])([2H])Nc1ncc(-c2nc3ccc(OC)cn3n2)c2cc(NC(=O)[C@H]3C[C@H]3C)nnc12. The van der Waals surface area contributed by atoms with Crippen LogP contribution in [-0.2, 0) is 4.79 Å². The molecule has 1 amide bonds. The number of carbonyl (C=O) groups excluding carboxylic acids is 1. The summed E-state index contributed by atoms with van der Waals surface area (Å²) in [6, 6.07) is 5.16. The zero-order valence-electron chi connectivity index (χ0n) is 19.2. The highest BCUT2D eigenvalue weighted by Crippen LogP contribution is 2.38. The third kappa shape index (κ3) is 3.06. The zero-order chi connectivity index (χ0) is 23.3. The summed E-state index contributed by atoms with van der Waals surface area (Å²) in [6.07, 6.45) is 4.00. The van der Waals surface area contributed by atoms with Gasteiger partial charge in [-0.05, 0) is 30.5 Å². The molecule has 1 fully saturated rings. The van der Waals surface area contributed by atoms with Crippen LogP contribution < -0.4 is 15.4 Å². The summed E-state index contributed by atoms with van der Waals surface area (Å²) in [7, 11) is 1.56. The van der Waals surface area contributed by atoms with Crippen LogP contribution in [0.15, 0.2) is 30.6 Å². The fourth-order valence-corrected chi connectivity index (χ4v) is 3.37. The molecule has 2 atom stereocenters. The Labute approximate surface area is 175 Å². The molecule has 0 saturated heterocycles. The van der Waals surface area contributed by atoms with Crippen LogP contribution in [-0.4, -0.2) is 49.8 Å². The fraction of sp³-hybridized carbons (Fsp3) is 0.300. The average Bonchev–Trinajstić information content (AvgIpc) is 3.35. The number of ether oxygens (including phenoxy) is 1. The smallest absolute Gasteiger partial charge is 0.228 e. The molecule has 1 saturated carbocycles. The maximum Gasteiger partial charge on any atom is 0.228 e. The van der Waals surface area contributed by atoms with E-state index in [2.05, 4.69) is 35.9 Å². The van der Waals surface area contributed by atoms with Crippen molar-refractivity contribution in [2.75, 3.05) is 24.7 Å². The van der Waals surface area contributed by atoms with Crippen molar-refractivity contribution in [1.82, 2.24) is 29.8 Å². The van der Waals surface area contributed by atoms with E-state index >= 15 is 0 Å². The van der Waals surface area contributed by atoms with Crippen LogP contribution >= 0.6 is 0 Å². The molecular formula is C20H20N8O2. The number of nitrogens with zero attached hydrogens (tertiary/aromatic N) is 6. The van der Waals surface area contributed by atoms with Gasteiger partial charge in [-0.15, -0.1) is 15.3 Å². The Morgan fingerprint density at radius 1 is 1.37 bits per heavy atom. The Balaban J connectivity index is 1.62. The Morgan fingerprint density at radius 2 is 2.23 bits per heavy atom. The lowest BCUT2D eigenvalue weighted by Crippen LogP contribution is -2.16. The van der Waals surface area contributed by atoms with Crippen molar-refractivity contribution in [3.05, 3.63) is 30.6 Å². The lowest BCUT2D eigenvalue weighted by atomic mass is 10.1. The molecule has 30 heavy (non-hydrogen) atoms. The molecule has 10 nitrogen and oxygen atoms in total. The van der Waals surface area contributed by atoms with Crippen LogP contribution in [0.25, 0.3) is 27.9 Å². The van der Waals surface area contributed by atoms with E-state index in [-0.39, 0.29) is 29.0 Å². The number of hydrogen-bond donors (Lipinski definition) is 2. The highest BCUT2D eigenvalue weighted by Gasteiger charge is 2.39. The van der Waals surface area contributed by atoms with Gasteiger partial charge in [0.2, 0.25) is 5.91 Å². The molecule has 1 aliphatic rings. The van der Waals surface area contributed by atoms with E-state index in [9.17, 15) is 4.79 Å². The molecule has 5 rings (SSSR count). The van der Waals surface area contributed by atoms with Gasteiger partial charge in [-0.25, -0.2) is 14.5 Å². The molecule has 4 aromatic heterocycles. The van der Waals surface area contributed by atoms with Crippen LogP contribution in [0, 0.1) is 11.8 Å². The van der Waals surface area contributed by atoms with Crippen molar-refractivity contribution >= 4 is 34.1 Å². The van der Waals surface area contributed by atoms with Gasteiger partial charge in [-0.3, -0.25) is 4.79 Å². The van der Waals surface area contributed by atoms with Crippen molar-refractivity contribution in [2.45, 2.75) is 13.3 Å². The van der Waals surface area contributed by atoms with Crippen LogP contribution in [0.2, 0.25) is 0 Å². The minimum absolute atomic E-state index is 0.0396. The molecule has 4 aromatic rings. The van der Waals surface area contributed by atoms with Gasteiger partial charge in [-0.2, -0.15) is 0 Å². The second-order valence-electron chi connectivity index (χ2n) is 7.25. The van der Waals surface area contributed by atoms with Crippen LogP contribution in [0.3, 0.4) is 0 Å². The minimum atomic E-state index is -2.48. The summed E-state index contributed by atoms with van der Waals surface area (Å²) in [6.45, 7) is -0.465. The van der Waals surface area contributed by atoms with Crippen molar-refractivity contribution in [3.8, 4) is 17.1 Å². The second kappa shape index (κ2) is 6.90. The predicted octanol–water partition coefficient (Wildman–Crippen LogP) is 2.38. The van der Waals surface area contributed by atoms with Gasteiger partial charge < -0.3 is 15.4 Å². The molecular weight excluding hydrogens is 384 g/mol. The number of carbonyl (C=O) groups is 1. The predicted molar refractivity (Wildman–Crippen MR) is 111 cm³/mol. The van der Waals surface area contributed by atoms with Gasteiger partial charge in [0.25, 0.3) is 0 Å². The molecule has 0 bridgehead atoms. The highest BCUT2D eigenvalue weighted by molar-refractivity contribution is 6.01. The van der Waals surface area contributed by atoms with Crippen molar-refractivity contribution in [3.63, 3.8) is 0 Å². The number of methoxy groups -OCH3 is 1. The number of rotatable bonds is 5. The van der Waals surface area contributed by atoms with E-state index in [1.807, 2.05) is 6.92 Å². The third-order valence-electron chi connectivity index (χ3n) is 5.23. The molecule has 0 aromatic carbocycles. The molecule has 1 aliphatic carbocycles. The van der Waals surface area contributed by atoms with Gasteiger partial charge in [0.05, 0.1) is 13.3 Å². The van der Waals surface area contributed by atoms with E-state index < -0.39 is 6.98 Å². The van der Waals surface area contributed by atoms with Crippen LogP contribution in [0.5, 0.6) is 5.75 Å². The molecule has 10 heteroatoms. The van der Waals surface area contributed by atoms with Crippen molar-refractivity contribution in [2.24, 2.45) is 11.8 Å². The number of hydrogen-bond acceptors (Lipinski definition) is 8. The van der Waals surface area contributed by atoms with E-state index in [0.29, 0.717) is 34.1 Å². The Hall–Kier alpha value is -3.82. The quantitative estimate of drug-likeness (QED) is 0.517. The second-order valence-corrected chi connectivity index (χ2v) is 7.25. The van der Waals surface area contributed by atoms with E-state index in [1.165, 1.54) is 6.20 Å². The number of pyridine rings is 2. The molecule has 152 valence electrons. The van der Waals surface area contributed by atoms with E-state index in [1.54, 1.807) is 36.0 Å². The molecule has 0 spiro atoms. The molecule has 0 radical (unpaired) electrons. The topological polar surface area (TPSA) is 119 Å². The van der Waals surface area contributed by atoms with Crippen molar-refractivity contribution < 1.29 is 13.6 Å². The summed E-state index contributed by atoms with van der Waals surface area (Å²) in [5.74, 6) is 1.44. The first-order valence-corrected chi connectivity index (χ1v) is 9.38. The number of aromatic nitrogens is 6. The summed E-state index contributed by atoms with van der Waals surface area (Å²) in [4.78, 5) is 21.2. The van der Waals surface area contributed by atoms with Gasteiger partial charge in [-0.1, -0.05) is 6.92 Å². The lowest BCUT2D eigenvalue weighted by molar-refractivity contribution is -0.117. The normalized spacial score (nSPS) is 19.7. The van der Waals surface area contributed by atoms with Gasteiger partial charge in [0.1, 0.15) is 11.3 Å². The third-order valence-corrected chi connectivity index (χ3v) is 5.23.